The first kappa shape index (κ1) is 15.0. The molecule has 0 spiro atoms. The Morgan fingerprint density at radius 3 is 2.83 bits per heavy atom. The van der Waals surface area contributed by atoms with Crippen molar-refractivity contribution in [1.82, 2.24) is 10.1 Å². The number of benzene rings is 1. The summed E-state index contributed by atoms with van der Waals surface area (Å²) in [5.41, 5.74) is 1.13. The lowest BCUT2D eigenvalue weighted by atomic mass is 10.1. The maximum Gasteiger partial charge on any atom is 0.276 e. The van der Waals surface area contributed by atoms with Gasteiger partial charge in [-0.3, -0.25) is 4.79 Å². The van der Waals surface area contributed by atoms with Crippen molar-refractivity contribution < 1.29 is 13.7 Å². The number of carbonyl (C=O) groups is 1. The van der Waals surface area contributed by atoms with Crippen LogP contribution in [0.4, 0.5) is 0 Å². The summed E-state index contributed by atoms with van der Waals surface area (Å²) in [6.07, 6.45) is 3.46. The average Bonchev–Trinajstić information content (AvgIpc) is 3.34. The van der Waals surface area contributed by atoms with Crippen molar-refractivity contribution in [3.05, 3.63) is 65.2 Å². The number of rotatable bonds is 3. The van der Waals surface area contributed by atoms with Crippen molar-refractivity contribution in [2.24, 2.45) is 0 Å². The highest BCUT2D eigenvalue weighted by Gasteiger charge is 2.33. The van der Waals surface area contributed by atoms with Crippen LogP contribution in [0.2, 0.25) is 5.02 Å². The van der Waals surface area contributed by atoms with Crippen molar-refractivity contribution in [3.8, 4) is 11.3 Å². The summed E-state index contributed by atoms with van der Waals surface area (Å²) in [6.45, 7) is 0.688. The van der Waals surface area contributed by atoms with Crippen LogP contribution in [0.15, 0.2) is 57.7 Å². The summed E-state index contributed by atoms with van der Waals surface area (Å²) < 4.78 is 10.8. The molecule has 0 N–H and O–H groups in total. The van der Waals surface area contributed by atoms with E-state index in [9.17, 15) is 4.79 Å². The molecule has 1 unspecified atom stereocenters. The first-order chi connectivity index (χ1) is 11.7. The number of amides is 1. The molecule has 1 atom stereocenters. The smallest absolute Gasteiger partial charge is 0.276 e. The number of furan rings is 1. The third-order valence-electron chi connectivity index (χ3n) is 4.24. The van der Waals surface area contributed by atoms with Crippen LogP contribution >= 0.6 is 11.6 Å². The molecule has 1 aromatic carbocycles. The Bertz CT molecular complexity index is 840. The molecule has 6 heteroatoms. The van der Waals surface area contributed by atoms with Crippen molar-refractivity contribution in [2.45, 2.75) is 18.9 Å². The molecule has 0 radical (unpaired) electrons. The highest BCUT2D eigenvalue weighted by Crippen LogP contribution is 2.33. The largest absolute Gasteiger partial charge is 0.467 e. The SMILES string of the molecule is O=C(c1cc(-c2ccc(Cl)cc2)on1)N1CCCC1c1ccco1. The second kappa shape index (κ2) is 6.17. The van der Waals surface area contributed by atoms with E-state index in [-0.39, 0.29) is 11.9 Å². The van der Waals surface area contributed by atoms with E-state index in [0.29, 0.717) is 23.0 Å². The van der Waals surface area contributed by atoms with Gasteiger partial charge in [0, 0.05) is 23.2 Å². The van der Waals surface area contributed by atoms with Gasteiger partial charge in [0.1, 0.15) is 5.76 Å². The molecule has 5 nitrogen and oxygen atoms in total. The Balaban J connectivity index is 1.57. The van der Waals surface area contributed by atoms with E-state index < -0.39 is 0 Å². The van der Waals surface area contributed by atoms with Crippen molar-refractivity contribution >= 4 is 17.5 Å². The summed E-state index contributed by atoms with van der Waals surface area (Å²) in [5, 5.41) is 4.59. The van der Waals surface area contributed by atoms with Gasteiger partial charge in [0.2, 0.25) is 0 Å². The molecular weight excluding hydrogens is 328 g/mol. The van der Waals surface area contributed by atoms with Gasteiger partial charge in [0.05, 0.1) is 12.3 Å². The topological polar surface area (TPSA) is 59.5 Å². The lowest BCUT2D eigenvalue weighted by Crippen LogP contribution is -2.30. The normalized spacial score (nSPS) is 17.4. The second-order valence-electron chi connectivity index (χ2n) is 5.76. The minimum atomic E-state index is -0.141. The minimum Gasteiger partial charge on any atom is -0.467 e. The second-order valence-corrected chi connectivity index (χ2v) is 6.19. The molecule has 0 bridgehead atoms. The van der Waals surface area contributed by atoms with Crippen molar-refractivity contribution in [3.63, 3.8) is 0 Å². The Labute approximate surface area is 143 Å². The van der Waals surface area contributed by atoms with Crippen LogP contribution in [0.3, 0.4) is 0 Å². The predicted molar refractivity (Wildman–Crippen MR) is 88.7 cm³/mol. The van der Waals surface area contributed by atoms with Crippen LogP contribution in [-0.2, 0) is 0 Å². The van der Waals surface area contributed by atoms with Gasteiger partial charge >= 0.3 is 0 Å². The first-order valence-electron chi connectivity index (χ1n) is 7.79. The molecule has 3 heterocycles. The number of carbonyl (C=O) groups excluding carboxylic acids is 1. The van der Waals surface area contributed by atoms with E-state index in [0.717, 1.165) is 24.2 Å². The van der Waals surface area contributed by atoms with Crippen molar-refractivity contribution in [1.29, 1.82) is 0 Å². The molecule has 4 rings (SSSR count). The van der Waals surface area contributed by atoms with Gasteiger partial charge in [0.15, 0.2) is 11.5 Å². The van der Waals surface area contributed by atoms with E-state index in [2.05, 4.69) is 5.16 Å². The van der Waals surface area contributed by atoms with Gasteiger partial charge in [-0.2, -0.15) is 0 Å². The van der Waals surface area contributed by atoms with Crippen LogP contribution < -0.4 is 0 Å². The molecule has 122 valence electrons. The zero-order chi connectivity index (χ0) is 16.5. The van der Waals surface area contributed by atoms with E-state index in [1.165, 1.54) is 0 Å². The number of nitrogens with zero attached hydrogens (tertiary/aromatic N) is 2. The molecular formula is C18H15ClN2O3. The highest BCUT2D eigenvalue weighted by atomic mass is 35.5. The van der Waals surface area contributed by atoms with Gasteiger partial charge in [-0.25, -0.2) is 0 Å². The van der Waals surface area contributed by atoms with Gasteiger partial charge in [0.25, 0.3) is 5.91 Å². The molecule has 0 aliphatic carbocycles. The molecule has 1 aliphatic heterocycles. The summed E-state index contributed by atoms with van der Waals surface area (Å²) >= 11 is 5.89. The number of aromatic nitrogens is 1. The van der Waals surface area contributed by atoms with Crippen LogP contribution in [-0.4, -0.2) is 22.5 Å². The quantitative estimate of drug-likeness (QED) is 0.699. The Morgan fingerprint density at radius 1 is 1.25 bits per heavy atom. The highest BCUT2D eigenvalue weighted by molar-refractivity contribution is 6.30. The fraction of sp³-hybridized carbons (Fsp3) is 0.222. The van der Waals surface area contributed by atoms with Crippen LogP contribution in [0.1, 0.15) is 35.1 Å². The summed E-state index contributed by atoms with van der Waals surface area (Å²) in [6, 6.07) is 12.6. The van der Waals surface area contributed by atoms with Gasteiger partial charge in [-0.05, 0) is 49.2 Å². The summed E-state index contributed by atoms with van der Waals surface area (Å²) in [5.74, 6) is 1.21. The molecule has 1 saturated heterocycles. The molecule has 24 heavy (non-hydrogen) atoms. The molecule has 0 saturated carbocycles. The number of likely N-dealkylation sites (tertiary alicyclic amines) is 1. The number of hydrogen-bond donors (Lipinski definition) is 0. The van der Waals surface area contributed by atoms with Crippen LogP contribution in [0, 0.1) is 0 Å². The zero-order valence-corrected chi connectivity index (χ0v) is 13.6. The van der Waals surface area contributed by atoms with Gasteiger partial charge in [-0.15, -0.1) is 0 Å². The Morgan fingerprint density at radius 2 is 2.08 bits per heavy atom. The molecule has 1 amide bonds. The monoisotopic (exact) mass is 342 g/mol. The summed E-state index contributed by atoms with van der Waals surface area (Å²) in [4.78, 5) is 14.6. The number of hydrogen-bond acceptors (Lipinski definition) is 4. The molecule has 3 aromatic rings. The molecule has 1 fully saturated rings. The molecule has 2 aromatic heterocycles. The van der Waals surface area contributed by atoms with E-state index in [4.69, 9.17) is 20.5 Å². The standard InChI is InChI=1S/C18H15ClN2O3/c19-13-7-5-12(6-8-13)17-11-14(20-24-17)18(22)21-9-1-3-15(21)16-4-2-10-23-16/h2,4-8,10-11,15H,1,3,9H2. The zero-order valence-electron chi connectivity index (χ0n) is 12.8. The maximum absolute atomic E-state index is 12.8. The lowest BCUT2D eigenvalue weighted by molar-refractivity contribution is 0.0709. The minimum absolute atomic E-state index is 0.0387. The predicted octanol–water partition coefficient (Wildman–Crippen LogP) is 4.57. The fourth-order valence-corrected chi connectivity index (χ4v) is 3.19. The Hall–Kier alpha value is -2.53. The van der Waals surface area contributed by atoms with E-state index >= 15 is 0 Å². The van der Waals surface area contributed by atoms with E-state index in [1.54, 1.807) is 29.4 Å². The lowest BCUT2D eigenvalue weighted by Gasteiger charge is -2.21. The van der Waals surface area contributed by atoms with Gasteiger partial charge < -0.3 is 13.8 Å². The van der Waals surface area contributed by atoms with Crippen LogP contribution in [0.5, 0.6) is 0 Å². The fourth-order valence-electron chi connectivity index (χ4n) is 3.06. The van der Waals surface area contributed by atoms with Crippen molar-refractivity contribution in [2.75, 3.05) is 6.54 Å². The van der Waals surface area contributed by atoms with Gasteiger partial charge in [-0.1, -0.05) is 16.8 Å². The maximum atomic E-state index is 12.8. The van der Waals surface area contributed by atoms with E-state index in [1.807, 2.05) is 24.3 Å². The number of halogens is 1. The molecule has 1 aliphatic rings. The van der Waals surface area contributed by atoms with Crippen LogP contribution in [0.25, 0.3) is 11.3 Å². The third kappa shape index (κ3) is 2.71. The summed E-state index contributed by atoms with van der Waals surface area (Å²) in [7, 11) is 0. The first-order valence-corrected chi connectivity index (χ1v) is 8.17. The Kier molecular flexibility index (Phi) is 3.86. The third-order valence-corrected chi connectivity index (χ3v) is 4.50. The average molecular weight is 343 g/mol.